The molecule has 1 heteroatoms. The predicted octanol–water partition coefficient (Wildman–Crippen LogP) is 4.37. The number of carbonyl (C=O) groups excluding carboxylic acids is 1. The first-order chi connectivity index (χ1) is 7.77. The van der Waals surface area contributed by atoms with Crippen molar-refractivity contribution in [2.24, 2.45) is 22.7 Å². The minimum atomic E-state index is -0.222. The molecule has 0 aromatic heterocycles. The molecule has 0 N–H and O–H groups in total. The molecular formula is C16H26O. The van der Waals surface area contributed by atoms with Crippen LogP contribution in [0.2, 0.25) is 0 Å². The summed E-state index contributed by atoms with van der Waals surface area (Å²) in [6.07, 6.45) is 7.49. The standard InChI is InChI=1S/C16H26O/c1-11-9-13-7-6-8-15(3,4)14(13)10-16(11,5)12(2)17/h10-11,13H,6-9H2,1-5H3. The van der Waals surface area contributed by atoms with Gasteiger partial charge in [-0.2, -0.15) is 0 Å². The third kappa shape index (κ3) is 1.98. The Labute approximate surface area is 106 Å². The van der Waals surface area contributed by atoms with E-state index in [0.717, 1.165) is 5.92 Å². The average molecular weight is 234 g/mol. The molecular weight excluding hydrogens is 208 g/mol. The van der Waals surface area contributed by atoms with Gasteiger partial charge in [0, 0.05) is 5.41 Å². The number of hydrogen-bond donors (Lipinski definition) is 0. The molecule has 0 heterocycles. The predicted molar refractivity (Wildman–Crippen MR) is 71.8 cm³/mol. The van der Waals surface area contributed by atoms with Crippen LogP contribution < -0.4 is 0 Å². The van der Waals surface area contributed by atoms with Gasteiger partial charge in [-0.3, -0.25) is 4.79 Å². The third-order valence-corrected chi connectivity index (χ3v) is 5.45. The van der Waals surface area contributed by atoms with Gasteiger partial charge in [-0.15, -0.1) is 0 Å². The van der Waals surface area contributed by atoms with Gasteiger partial charge in [0.05, 0.1) is 0 Å². The zero-order chi connectivity index (χ0) is 12.8. The lowest BCUT2D eigenvalue weighted by atomic mass is 9.57. The minimum Gasteiger partial charge on any atom is -0.299 e. The van der Waals surface area contributed by atoms with Crippen LogP contribution in [0.1, 0.15) is 60.3 Å². The summed E-state index contributed by atoms with van der Waals surface area (Å²) in [7, 11) is 0. The molecule has 2 aliphatic rings. The summed E-state index contributed by atoms with van der Waals surface area (Å²) in [5.74, 6) is 1.56. The Hall–Kier alpha value is -0.590. The molecule has 0 amide bonds. The number of rotatable bonds is 1. The highest BCUT2D eigenvalue weighted by Gasteiger charge is 2.45. The summed E-state index contributed by atoms with van der Waals surface area (Å²) >= 11 is 0. The summed E-state index contributed by atoms with van der Waals surface area (Å²) in [6, 6.07) is 0. The molecule has 0 aromatic rings. The van der Waals surface area contributed by atoms with Gasteiger partial charge in [0.2, 0.25) is 0 Å². The number of ketones is 1. The maximum absolute atomic E-state index is 12.0. The Balaban J connectivity index is 2.45. The molecule has 3 unspecified atom stereocenters. The fraction of sp³-hybridized carbons (Fsp3) is 0.812. The highest BCUT2D eigenvalue weighted by molar-refractivity contribution is 5.84. The van der Waals surface area contributed by atoms with Crippen LogP contribution in [0, 0.1) is 22.7 Å². The fourth-order valence-corrected chi connectivity index (χ4v) is 3.79. The molecule has 2 aliphatic carbocycles. The van der Waals surface area contributed by atoms with Crippen molar-refractivity contribution >= 4 is 5.78 Å². The normalized spacial score (nSPS) is 40.4. The van der Waals surface area contributed by atoms with Crippen LogP contribution in [0.5, 0.6) is 0 Å². The molecule has 1 saturated carbocycles. The van der Waals surface area contributed by atoms with Gasteiger partial charge in [0.1, 0.15) is 5.78 Å². The average Bonchev–Trinajstić information content (AvgIpc) is 2.21. The first kappa shape index (κ1) is 12.9. The van der Waals surface area contributed by atoms with Crippen molar-refractivity contribution in [2.45, 2.75) is 60.3 Å². The van der Waals surface area contributed by atoms with Crippen LogP contribution in [0.25, 0.3) is 0 Å². The maximum atomic E-state index is 12.0. The monoisotopic (exact) mass is 234 g/mol. The lowest BCUT2D eigenvalue weighted by molar-refractivity contribution is -0.126. The van der Waals surface area contributed by atoms with E-state index in [1.165, 1.54) is 25.7 Å². The first-order valence-electron chi connectivity index (χ1n) is 7.01. The molecule has 17 heavy (non-hydrogen) atoms. The zero-order valence-electron chi connectivity index (χ0n) is 12.0. The lowest BCUT2D eigenvalue weighted by Crippen LogP contribution is -2.40. The summed E-state index contributed by atoms with van der Waals surface area (Å²) in [5, 5.41) is 0. The van der Waals surface area contributed by atoms with Crippen LogP contribution >= 0.6 is 0 Å². The number of carbonyl (C=O) groups is 1. The van der Waals surface area contributed by atoms with Gasteiger partial charge in [0.15, 0.2) is 0 Å². The molecule has 0 bridgehead atoms. The maximum Gasteiger partial charge on any atom is 0.139 e. The van der Waals surface area contributed by atoms with Gasteiger partial charge in [-0.05, 0) is 50.4 Å². The molecule has 3 atom stereocenters. The van der Waals surface area contributed by atoms with E-state index in [9.17, 15) is 4.79 Å². The highest BCUT2D eigenvalue weighted by atomic mass is 16.1. The fourth-order valence-electron chi connectivity index (χ4n) is 3.79. The molecule has 2 rings (SSSR count). The molecule has 1 nitrogen and oxygen atoms in total. The second kappa shape index (κ2) is 3.96. The number of allylic oxidation sites excluding steroid dienone is 2. The summed E-state index contributed by atoms with van der Waals surface area (Å²) < 4.78 is 0. The van der Waals surface area contributed by atoms with E-state index < -0.39 is 0 Å². The zero-order valence-corrected chi connectivity index (χ0v) is 12.0. The van der Waals surface area contributed by atoms with Crippen LogP contribution in [0.4, 0.5) is 0 Å². The summed E-state index contributed by atoms with van der Waals surface area (Å²) in [5.41, 5.74) is 1.65. The van der Waals surface area contributed by atoms with E-state index >= 15 is 0 Å². The Morgan fingerprint density at radius 2 is 2.00 bits per heavy atom. The molecule has 1 fully saturated rings. The quantitative estimate of drug-likeness (QED) is 0.616. The van der Waals surface area contributed by atoms with Crippen LogP contribution in [-0.4, -0.2) is 5.78 Å². The lowest BCUT2D eigenvalue weighted by Gasteiger charge is -2.47. The van der Waals surface area contributed by atoms with Gasteiger partial charge >= 0.3 is 0 Å². The summed E-state index contributed by atoms with van der Waals surface area (Å²) in [4.78, 5) is 12.0. The van der Waals surface area contributed by atoms with E-state index in [1.54, 1.807) is 12.5 Å². The molecule has 0 aliphatic heterocycles. The molecule has 96 valence electrons. The smallest absolute Gasteiger partial charge is 0.139 e. The van der Waals surface area contributed by atoms with Crippen molar-refractivity contribution in [1.82, 2.24) is 0 Å². The third-order valence-electron chi connectivity index (χ3n) is 5.45. The highest BCUT2D eigenvalue weighted by Crippen LogP contribution is 2.53. The van der Waals surface area contributed by atoms with Crippen molar-refractivity contribution < 1.29 is 4.79 Å². The number of fused-ring (bicyclic) bond motifs is 1. The van der Waals surface area contributed by atoms with Crippen molar-refractivity contribution in [2.75, 3.05) is 0 Å². The summed E-state index contributed by atoms with van der Waals surface area (Å²) in [6.45, 7) is 10.8. The van der Waals surface area contributed by atoms with E-state index in [4.69, 9.17) is 0 Å². The van der Waals surface area contributed by atoms with E-state index in [0.29, 0.717) is 17.1 Å². The van der Waals surface area contributed by atoms with Crippen molar-refractivity contribution in [3.8, 4) is 0 Å². The van der Waals surface area contributed by atoms with Gasteiger partial charge in [-0.1, -0.05) is 38.8 Å². The number of Topliss-reactive ketones (excluding diaryl/α,β-unsaturated/α-hetero) is 1. The molecule has 0 radical (unpaired) electrons. The molecule has 0 aromatic carbocycles. The first-order valence-corrected chi connectivity index (χ1v) is 7.01. The largest absolute Gasteiger partial charge is 0.299 e. The molecule has 0 saturated heterocycles. The van der Waals surface area contributed by atoms with Crippen molar-refractivity contribution in [1.29, 1.82) is 0 Å². The van der Waals surface area contributed by atoms with Crippen LogP contribution in [0.3, 0.4) is 0 Å². The number of hydrogen-bond acceptors (Lipinski definition) is 1. The molecule has 0 spiro atoms. The van der Waals surface area contributed by atoms with E-state index in [-0.39, 0.29) is 5.41 Å². The van der Waals surface area contributed by atoms with Crippen LogP contribution in [0.15, 0.2) is 11.6 Å². The van der Waals surface area contributed by atoms with E-state index in [2.05, 4.69) is 33.8 Å². The second-order valence-electron chi connectivity index (χ2n) is 7.05. The Morgan fingerprint density at radius 3 is 2.59 bits per heavy atom. The van der Waals surface area contributed by atoms with Gasteiger partial charge in [0.25, 0.3) is 0 Å². The SMILES string of the molecule is CC(=O)C1(C)C=C2C(CCCC2(C)C)CC1C. The second-order valence-corrected chi connectivity index (χ2v) is 7.05. The van der Waals surface area contributed by atoms with E-state index in [1.807, 2.05) is 0 Å². The Kier molecular flexibility index (Phi) is 3.00. The van der Waals surface area contributed by atoms with Crippen molar-refractivity contribution in [3.05, 3.63) is 11.6 Å². The Morgan fingerprint density at radius 1 is 1.35 bits per heavy atom. The van der Waals surface area contributed by atoms with Gasteiger partial charge < -0.3 is 0 Å². The van der Waals surface area contributed by atoms with Crippen molar-refractivity contribution in [3.63, 3.8) is 0 Å². The minimum absolute atomic E-state index is 0.222. The van der Waals surface area contributed by atoms with Gasteiger partial charge in [-0.25, -0.2) is 0 Å². The van der Waals surface area contributed by atoms with Crippen LogP contribution in [-0.2, 0) is 4.79 Å². The Bertz CT molecular complexity index is 364. The topological polar surface area (TPSA) is 17.1 Å².